The third-order valence-corrected chi connectivity index (χ3v) is 3.37. The van der Waals surface area contributed by atoms with Crippen LogP contribution in [-0.2, 0) is 6.54 Å². The van der Waals surface area contributed by atoms with Crippen LogP contribution in [0.1, 0.15) is 21.9 Å². The van der Waals surface area contributed by atoms with Crippen molar-refractivity contribution in [2.24, 2.45) is 0 Å². The zero-order valence-corrected chi connectivity index (χ0v) is 13.7. The number of rotatable bonds is 5. The summed E-state index contributed by atoms with van der Waals surface area (Å²) in [6, 6.07) is 5.28. The lowest BCUT2D eigenvalue weighted by Gasteiger charge is -2.09. The number of methoxy groups -OCH3 is 1. The van der Waals surface area contributed by atoms with Gasteiger partial charge in [-0.2, -0.15) is 0 Å². The number of hydrogen-bond acceptors (Lipinski definition) is 8. The Bertz CT molecular complexity index is 895. The van der Waals surface area contributed by atoms with E-state index in [0.717, 1.165) is 0 Å². The van der Waals surface area contributed by atoms with E-state index < -0.39 is 5.91 Å². The summed E-state index contributed by atoms with van der Waals surface area (Å²) in [4.78, 5) is 29.0. The van der Waals surface area contributed by atoms with Crippen LogP contribution in [0.15, 0.2) is 35.1 Å². The summed E-state index contributed by atoms with van der Waals surface area (Å²) >= 11 is 0. The Morgan fingerprint density at radius 1 is 1.32 bits per heavy atom. The van der Waals surface area contributed by atoms with Gasteiger partial charge in [0.25, 0.3) is 5.91 Å². The standard InChI is InChI=1S/C16H16N6O3/c1-9-12(16-18-6-7-25-16)22-14(17)13(20-9)15(23)19-8-10-4-3-5-11(21-10)24-2/h3-7H,8H2,1-2H3,(H2,17,22)(H,19,23). The van der Waals surface area contributed by atoms with Gasteiger partial charge >= 0.3 is 0 Å². The van der Waals surface area contributed by atoms with Gasteiger partial charge in [-0.15, -0.1) is 0 Å². The van der Waals surface area contributed by atoms with Gasteiger partial charge in [0.1, 0.15) is 12.0 Å². The van der Waals surface area contributed by atoms with Crippen LogP contribution < -0.4 is 15.8 Å². The van der Waals surface area contributed by atoms with Gasteiger partial charge in [0.2, 0.25) is 11.8 Å². The van der Waals surface area contributed by atoms with Crippen molar-refractivity contribution >= 4 is 11.7 Å². The van der Waals surface area contributed by atoms with Crippen molar-refractivity contribution in [3.05, 3.63) is 47.7 Å². The number of ether oxygens (including phenoxy) is 1. The Kier molecular flexibility index (Phi) is 4.55. The van der Waals surface area contributed by atoms with E-state index in [9.17, 15) is 4.79 Å². The predicted octanol–water partition coefficient (Wildman–Crippen LogP) is 1.36. The number of nitrogens with one attached hydrogen (secondary N) is 1. The zero-order chi connectivity index (χ0) is 17.8. The lowest BCUT2D eigenvalue weighted by atomic mass is 10.2. The maximum absolute atomic E-state index is 12.4. The summed E-state index contributed by atoms with van der Waals surface area (Å²) in [6.45, 7) is 1.91. The lowest BCUT2D eigenvalue weighted by Crippen LogP contribution is -2.26. The summed E-state index contributed by atoms with van der Waals surface area (Å²) in [5.41, 5.74) is 7.44. The highest BCUT2D eigenvalue weighted by Crippen LogP contribution is 2.20. The molecule has 128 valence electrons. The van der Waals surface area contributed by atoms with E-state index in [1.165, 1.54) is 19.6 Å². The molecule has 0 fully saturated rings. The second-order valence-electron chi connectivity index (χ2n) is 5.08. The van der Waals surface area contributed by atoms with Gasteiger partial charge in [-0.3, -0.25) is 4.79 Å². The molecule has 1 amide bonds. The number of nitrogens with zero attached hydrogens (tertiary/aromatic N) is 4. The van der Waals surface area contributed by atoms with Crippen LogP contribution in [0, 0.1) is 6.92 Å². The van der Waals surface area contributed by atoms with Crippen LogP contribution in [0.2, 0.25) is 0 Å². The van der Waals surface area contributed by atoms with E-state index in [2.05, 4.69) is 25.3 Å². The summed E-state index contributed by atoms with van der Waals surface area (Å²) in [5.74, 6) is 0.313. The number of amides is 1. The molecule has 0 aliphatic heterocycles. The Morgan fingerprint density at radius 2 is 2.16 bits per heavy atom. The fourth-order valence-electron chi connectivity index (χ4n) is 2.17. The molecule has 3 rings (SSSR count). The normalized spacial score (nSPS) is 10.5. The van der Waals surface area contributed by atoms with Crippen molar-refractivity contribution in [1.29, 1.82) is 0 Å². The molecule has 9 heteroatoms. The average Bonchev–Trinajstić information content (AvgIpc) is 3.16. The molecule has 9 nitrogen and oxygen atoms in total. The third-order valence-electron chi connectivity index (χ3n) is 3.37. The van der Waals surface area contributed by atoms with E-state index in [1.807, 2.05) is 0 Å². The fourth-order valence-corrected chi connectivity index (χ4v) is 2.17. The summed E-state index contributed by atoms with van der Waals surface area (Å²) in [7, 11) is 1.53. The first-order chi connectivity index (χ1) is 12.1. The van der Waals surface area contributed by atoms with Crippen LogP contribution >= 0.6 is 0 Å². The molecular weight excluding hydrogens is 324 g/mol. The number of oxazole rings is 1. The third kappa shape index (κ3) is 3.55. The molecule has 0 saturated carbocycles. The number of nitrogen functional groups attached to an aromatic ring is 1. The van der Waals surface area contributed by atoms with E-state index >= 15 is 0 Å². The molecule has 0 unspecified atom stereocenters. The number of carbonyl (C=O) groups excluding carboxylic acids is 1. The molecule has 0 radical (unpaired) electrons. The highest BCUT2D eigenvalue weighted by Gasteiger charge is 2.18. The van der Waals surface area contributed by atoms with Crippen LogP contribution in [0.25, 0.3) is 11.6 Å². The van der Waals surface area contributed by atoms with Gasteiger partial charge in [0.15, 0.2) is 11.5 Å². The maximum Gasteiger partial charge on any atom is 0.274 e. The van der Waals surface area contributed by atoms with Crippen molar-refractivity contribution in [1.82, 2.24) is 25.3 Å². The minimum absolute atomic E-state index is 0.00472. The van der Waals surface area contributed by atoms with Crippen LogP contribution in [-0.4, -0.2) is 33.0 Å². The molecule has 3 aromatic rings. The Hall–Kier alpha value is -3.49. The molecule has 0 bridgehead atoms. The van der Waals surface area contributed by atoms with Crippen LogP contribution in [0.5, 0.6) is 5.88 Å². The minimum atomic E-state index is -0.448. The van der Waals surface area contributed by atoms with Gasteiger partial charge in [-0.1, -0.05) is 6.07 Å². The summed E-state index contributed by atoms with van der Waals surface area (Å²) < 4.78 is 10.2. The highest BCUT2D eigenvalue weighted by molar-refractivity contribution is 5.96. The molecule has 0 aliphatic carbocycles. The number of aromatic nitrogens is 4. The first kappa shape index (κ1) is 16.4. The van der Waals surface area contributed by atoms with Crippen LogP contribution in [0.4, 0.5) is 5.82 Å². The smallest absolute Gasteiger partial charge is 0.274 e. The van der Waals surface area contributed by atoms with E-state index in [1.54, 1.807) is 25.1 Å². The van der Waals surface area contributed by atoms with Gasteiger partial charge in [-0.05, 0) is 13.0 Å². The molecule has 3 N–H and O–H groups in total. The largest absolute Gasteiger partial charge is 0.481 e. The maximum atomic E-state index is 12.4. The second-order valence-corrected chi connectivity index (χ2v) is 5.08. The number of hydrogen-bond donors (Lipinski definition) is 2. The Balaban J connectivity index is 1.77. The van der Waals surface area contributed by atoms with Crippen molar-refractivity contribution in [3.63, 3.8) is 0 Å². The predicted molar refractivity (Wildman–Crippen MR) is 88.6 cm³/mol. The highest BCUT2D eigenvalue weighted by atomic mass is 16.5. The SMILES string of the molecule is COc1cccc(CNC(=O)c2nc(C)c(-c3ncco3)nc2N)n1. The summed E-state index contributed by atoms with van der Waals surface area (Å²) in [6.07, 6.45) is 2.92. The lowest BCUT2D eigenvalue weighted by molar-refractivity contribution is 0.0945. The molecule has 0 atom stereocenters. The quantitative estimate of drug-likeness (QED) is 0.712. The molecule has 0 aromatic carbocycles. The number of aryl methyl sites for hydroxylation is 1. The average molecular weight is 340 g/mol. The second kappa shape index (κ2) is 6.95. The van der Waals surface area contributed by atoms with Crippen molar-refractivity contribution in [3.8, 4) is 17.5 Å². The van der Waals surface area contributed by atoms with Gasteiger partial charge in [-0.25, -0.2) is 19.9 Å². The minimum Gasteiger partial charge on any atom is -0.481 e. The number of nitrogens with two attached hydrogens (primary N) is 1. The number of pyridine rings is 1. The van der Waals surface area contributed by atoms with E-state index in [4.69, 9.17) is 14.9 Å². The molecule has 25 heavy (non-hydrogen) atoms. The van der Waals surface area contributed by atoms with Gasteiger partial charge in [0.05, 0.1) is 31.2 Å². The first-order valence-corrected chi connectivity index (χ1v) is 7.40. The topological polar surface area (TPSA) is 129 Å². The molecule has 0 spiro atoms. The molecule has 0 saturated heterocycles. The van der Waals surface area contributed by atoms with Gasteiger partial charge in [0, 0.05) is 6.07 Å². The van der Waals surface area contributed by atoms with Crippen molar-refractivity contribution < 1.29 is 13.9 Å². The zero-order valence-electron chi connectivity index (χ0n) is 13.7. The van der Waals surface area contributed by atoms with Gasteiger partial charge < -0.3 is 20.2 Å². The fraction of sp³-hybridized carbons (Fsp3) is 0.188. The van der Waals surface area contributed by atoms with E-state index in [0.29, 0.717) is 28.9 Å². The molecule has 3 aromatic heterocycles. The van der Waals surface area contributed by atoms with E-state index in [-0.39, 0.29) is 18.1 Å². The van der Waals surface area contributed by atoms with Crippen molar-refractivity contribution in [2.75, 3.05) is 12.8 Å². The molecule has 0 aliphatic rings. The summed E-state index contributed by atoms with van der Waals surface area (Å²) in [5, 5.41) is 2.71. The number of anilines is 1. The van der Waals surface area contributed by atoms with Crippen LogP contribution in [0.3, 0.4) is 0 Å². The molecular formula is C16H16N6O3. The first-order valence-electron chi connectivity index (χ1n) is 7.40. The number of carbonyl (C=O) groups is 1. The monoisotopic (exact) mass is 340 g/mol. The molecule has 3 heterocycles. The Morgan fingerprint density at radius 3 is 2.88 bits per heavy atom. The van der Waals surface area contributed by atoms with Crippen molar-refractivity contribution in [2.45, 2.75) is 13.5 Å². The Labute approximate surface area is 143 Å².